The first-order valence-corrected chi connectivity index (χ1v) is 13.8. The van der Waals surface area contributed by atoms with Gasteiger partial charge in [-0.1, -0.05) is 26.8 Å². The van der Waals surface area contributed by atoms with Crippen molar-refractivity contribution in [2.45, 2.75) is 70.9 Å². The van der Waals surface area contributed by atoms with Gasteiger partial charge in [0.15, 0.2) is 5.78 Å². The van der Waals surface area contributed by atoms with Crippen LogP contribution in [0, 0.1) is 5.41 Å². The molecule has 0 spiro atoms. The SMILES string of the molecule is CCOC(=O)COC1CCN(c2cc(C(=O)CN3Cc4ccc(C5CC5)nc4C3=N)cc(C(C)(C)C)c2O)C1. The predicted molar refractivity (Wildman–Crippen MR) is 148 cm³/mol. The Labute approximate surface area is 229 Å². The van der Waals surface area contributed by atoms with Crippen LogP contribution in [0.1, 0.15) is 85.7 Å². The van der Waals surface area contributed by atoms with Crippen molar-refractivity contribution in [3.05, 3.63) is 52.3 Å². The third-order valence-corrected chi connectivity index (χ3v) is 7.68. The van der Waals surface area contributed by atoms with E-state index in [1.54, 1.807) is 24.0 Å². The van der Waals surface area contributed by atoms with Crippen LogP contribution < -0.4 is 4.90 Å². The van der Waals surface area contributed by atoms with Gasteiger partial charge in [-0.2, -0.15) is 0 Å². The molecule has 3 aliphatic rings. The van der Waals surface area contributed by atoms with Gasteiger partial charge in [-0.25, -0.2) is 9.78 Å². The van der Waals surface area contributed by atoms with E-state index in [1.807, 2.05) is 31.7 Å². The Balaban J connectivity index is 1.33. The number of esters is 1. The number of carbonyl (C=O) groups excluding carboxylic acids is 2. The van der Waals surface area contributed by atoms with Crippen molar-refractivity contribution in [2.24, 2.45) is 0 Å². The fourth-order valence-electron chi connectivity index (χ4n) is 5.34. The Morgan fingerprint density at radius 3 is 2.64 bits per heavy atom. The van der Waals surface area contributed by atoms with Crippen LogP contribution in [0.3, 0.4) is 0 Å². The molecule has 2 aliphatic heterocycles. The number of phenols is 1. The quantitative estimate of drug-likeness (QED) is 0.364. The molecule has 2 aromatic rings. The molecule has 1 saturated heterocycles. The molecular formula is C30H38N4O5. The van der Waals surface area contributed by atoms with Crippen molar-refractivity contribution in [1.29, 1.82) is 5.41 Å². The smallest absolute Gasteiger partial charge is 0.332 e. The van der Waals surface area contributed by atoms with Crippen LogP contribution in [0.2, 0.25) is 0 Å². The van der Waals surface area contributed by atoms with E-state index in [1.165, 1.54) is 0 Å². The Morgan fingerprint density at radius 1 is 1.18 bits per heavy atom. The van der Waals surface area contributed by atoms with Gasteiger partial charge in [0, 0.05) is 47.9 Å². The zero-order valence-electron chi connectivity index (χ0n) is 23.2. The summed E-state index contributed by atoms with van der Waals surface area (Å²) in [7, 11) is 0. The number of anilines is 1. The maximum absolute atomic E-state index is 13.6. The minimum absolute atomic E-state index is 0.0625. The largest absolute Gasteiger partial charge is 0.505 e. The summed E-state index contributed by atoms with van der Waals surface area (Å²) in [4.78, 5) is 33.8. The second kappa shape index (κ2) is 10.6. The highest BCUT2D eigenvalue weighted by Gasteiger charge is 2.33. The molecule has 1 unspecified atom stereocenters. The molecule has 1 saturated carbocycles. The number of amidine groups is 1. The number of hydrogen-bond acceptors (Lipinski definition) is 8. The third kappa shape index (κ3) is 5.78. The molecule has 9 heteroatoms. The molecule has 3 heterocycles. The molecule has 5 rings (SSSR count). The number of nitrogens with one attached hydrogen (secondary N) is 1. The summed E-state index contributed by atoms with van der Waals surface area (Å²) in [6.45, 7) is 9.65. The molecular weight excluding hydrogens is 496 g/mol. The van der Waals surface area contributed by atoms with Gasteiger partial charge in [-0.05, 0) is 49.8 Å². The number of nitrogens with zero attached hydrogens (tertiary/aromatic N) is 3. The second-order valence-electron chi connectivity index (χ2n) is 11.8. The van der Waals surface area contributed by atoms with Crippen LogP contribution in [0.15, 0.2) is 24.3 Å². The van der Waals surface area contributed by atoms with E-state index in [0.717, 1.165) is 24.1 Å². The van der Waals surface area contributed by atoms with Crippen LogP contribution >= 0.6 is 0 Å². The standard InChI is InChI=1S/C30H38N4O5/c1-5-38-26(36)17-39-21-10-11-33(15-21)24-13-20(12-22(28(24)37)30(2,3)4)25(35)16-34-14-19-8-9-23(18-6-7-18)32-27(19)29(34)31/h8-9,12-13,18,21,31,37H,5-7,10-11,14-17H2,1-4H3. The molecule has 1 aromatic heterocycles. The molecule has 0 radical (unpaired) electrons. The molecule has 0 amide bonds. The number of benzene rings is 1. The fourth-order valence-corrected chi connectivity index (χ4v) is 5.34. The van der Waals surface area contributed by atoms with Gasteiger partial charge in [-0.15, -0.1) is 0 Å². The number of pyridine rings is 1. The number of phenolic OH excluding ortho intramolecular Hbond substituents is 1. The number of aromatic nitrogens is 1. The van der Waals surface area contributed by atoms with Crippen molar-refractivity contribution in [2.75, 3.05) is 37.7 Å². The van der Waals surface area contributed by atoms with Crippen molar-refractivity contribution >= 4 is 23.3 Å². The Bertz CT molecular complexity index is 1300. The van der Waals surface area contributed by atoms with Crippen LogP contribution in [-0.4, -0.2) is 71.5 Å². The van der Waals surface area contributed by atoms with Crippen molar-refractivity contribution in [1.82, 2.24) is 9.88 Å². The van der Waals surface area contributed by atoms with Crippen LogP contribution in [0.4, 0.5) is 5.69 Å². The first-order chi connectivity index (χ1) is 18.5. The average molecular weight is 535 g/mol. The van der Waals surface area contributed by atoms with Crippen LogP contribution in [-0.2, 0) is 26.2 Å². The molecule has 2 N–H and O–H groups in total. The van der Waals surface area contributed by atoms with Gasteiger partial charge >= 0.3 is 5.97 Å². The summed E-state index contributed by atoms with van der Waals surface area (Å²) in [5, 5.41) is 20.0. The molecule has 2 fully saturated rings. The first-order valence-electron chi connectivity index (χ1n) is 13.8. The van der Waals surface area contributed by atoms with Crippen LogP contribution in [0.5, 0.6) is 5.75 Å². The Morgan fingerprint density at radius 2 is 1.95 bits per heavy atom. The Kier molecular flexibility index (Phi) is 7.37. The van der Waals surface area contributed by atoms with Gasteiger partial charge < -0.3 is 24.4 Å². The van der Waals surface area contributed by atoms with E-state index in [0.29, 0.717) is 61.1 Å². The summed E-state index contributed by atoms with van der Waals surface area (Å²) in [6, 6.07) is 7.62. The van der Waals surface area contributed by atoms with Gasteiger partial charge in [0.05, 0.1) is 24.9 Å². The van der Waals surface area contributed by atoms with Crippen molar-refractivity contribution in [3.8, 4) is 5.75 Å². The number of fused-ring (bicyclic) bond motifs is 1. The van der Waals surface area contributed by atoms with Gasteiger partial charge in [0.25, 0.3) is 0 Å². The summed E-state index contributed by atoms with van der Waals surface area (Å²) >= 11 is 0. The van der Waals surface area contributed by atoms with E-state index in [2.05, 4.69) is 6.07 Å². The zero-order valence-corrected chi connectivity index (χ0v) is 23.2. The van der Waals surface area contributed by atoms with E-state index in [9.17, 15) is 14.7 Å². The molecule has 1 aliphatic carbocycles. The van der Waals surface area contributed by atoms with Crippen molar-refractivity contribution < 1.29 is 24.2 Å². The molecule has 39 heavy (non-hydrogen) atoms. The second-order valence-corrected chi connectivity index (χ2v) is 11.8. The minimum Gasteiger partial charge on any atom is -0.505 e. The lowest BCUT2D eigenvalue weighted by atomic mass is 9.84. The average Bonchev–Trinajstić information content (AvgIpc) is 3.56. The lowest BCUT2D eigenvalue weighted by molar-refractivity contribution is -0.150. The molecule has 208 valence electrons. The number of ether oxygens (including phenoxy) is 2. The van der Waals surface area contributed by atoms with Crippen molar-refractivity contribution in [3.63, 3.8) is 0 Å². The highest BCUT2D eigenvalue weighted by molar-refractivity contribution is 6.05. The summed E-state index contributed by atoms with van der Waals surface area (Å²) < 4.78 is 10.7. The monoisotopic (exact) mass is 534 g/mol. The molecule has 1 aromatic carbocycles. The Hall–Kier alpha value is -3.46. The zero-order chi connectivity index (χ0) is 27.9. The van der Waals surface area contributed by atoms with Gasteiger partial charge in [0.1, 0.15) is 23.9 Å². The molecule has 9 nitrogen and oxygen atoms in total. The highest BCUT2D eigenvalue weighted by atomic mass is 16.6. The summed E-state index contributed by atoms with van der Waals surface area (Å²) in [5.74, 6) is 0.442. The van der Waals surface area contributed by atoms with Crippen LogP contribution in [0.25, 0.3) is 0 Å². The maximum Gasteiger partial charge on any atom is 0.332 e. The maximum atomic E-state index is 13.6. The minimum atomic E-state index is -0.394. The number of carbonyl (C=O) groups is 2. The lowest BCUT2D eigenvalue weighted by Gasteiger charge is -2.27. The lowest BCUT2D eigenvalue weighted by Crippen LogP contribution is -2.31. The van der Waals surface area contributed by atoms with E-state index in [4.69, 9.17) is 19.9 Å². The highest BCUT2D eigenvalue weighted by Crippen LogP contribution is 2.41. The van der Waals surface area contributed by atoms with E-state index in [-0.39, 0.29) is 36.6 Å². The van der Waals surface area contributed by atoms with E-state index >= 15 is 0 Å². The predicted octanol–water partition coefficient (Wildman–Crippen LogP) is 4.14. The summed E-state index contributed by atoms with van der Waals surface area (Å²) in [6.07, 6.45) is 2.81. The third-order valence-electron chi connectivity index (χ3n) is 7.68. The van der Waals surface area contributed by atoms with Gasteiger partial charge in [-0.3, -0.25) is 10.2 Å². The van der Waals surface area contributed by atoms with Gasteiger partial charge in [0.2, 0.25) is 0 Å². The normalized spacial score (nSPS) is 19.0. The summed E-state index contributed by atoms with van der Waals surface area (Å²) in [5.41, 5.74) is 4.08. The number of aromatic hydroxyl groups is 1. The van der Waals surface area contributed by atoms with E-state index < -0.39 is 11.4 Å². The number of ketones is 1. The molecule has 0 bridgehead atoms. The first kappa shape index (κ1) is 27.1. The number of rotatable bonds is 9. The molecule has 1 atom stereocenters. The fraction of sp³-hybridized carbons (Fsp3) is 0.533. The number of hydrogen-bond donors (Lipinski definition) is 2. The number of Topliss-reactive ketones (excluding diaryl/α,β-unsaturated/α-hetero) is 1. The topological polar surface area (TPSA) is 116 Å².